The molecule has 3 nitrogen and oxygen atoms in total. The summed E-state index contributed by atoms with van der Waals surface area (Å²) in [6.07, 6.45) is 6.66. The molecule has 4 rings (SSSR count). The number of hydrogen-bond donors (Lipinski definition) is 1. The highest BCUT2D eigenvalue weighted by molar-refractivity contribution is 6.30. The van der Waals surface area contributed by atoms with Gasteiger partial charge in [-0.25, -0.2) is 0 Å². The summed E-state index contributed by atoms with van der Waals surface area (Å²) < 4.78 is 11.5. The Bertz CT molecular complexity index is 1060. The zero-order chi connectivity index (χ0) is 21.8. The third-order valence-corrected chi connectivity index (χ3v) is 6.15. The molecule has 0 amide bonds. The van der Waals surface area contributed by atoms with Crippen molar-refractivity contribution in [2.75, 3.05) is 7.11 Å². The average Bonchev–Trinajstić information content (AvgIpc) is 3.07. The van der Waals surface area contributed by atoms with Gasteiger partial charge in [0.2, 0.25) is 0 Å². The maximum absolute atomic E-state index is 10.6. The van der Waals surface area contributed by atoms with Crippen molar-refractivity contribution in [3.8, 4) is 17.2 Å². The minimum Gasteiger partial charge on any atom is -0.508 e. The van der Waals surface area contributed by atoms with E-state index in [0.29, 0.717) is 5.75 Å². The van der Waals surface area contributed by atoms with E-state index < -0.39 is 0 Å². The SMILES string of the molecule is COc1ccc(CC2Oc3cc(CCC=Cc4ccc(Cl)cc4)c(O)cc3C2C)cc1. The standard InChI is InChI=1S/C27H27ClO3/c1-18-24-17-25(29)21(6-4-3-5-19-7-11-22(28)12-8-19)16-27(24)31-26(18)15-20-9-13-23(30-2)14-10-20/h3,5,7-14,16-18,26,29H,4,6,15H2,1-2H3. The minimum absolute atomic E-state index is 0.0582. The normalized spacial score (nSPS) is 17.5. The molecule has 1 aliphatic rings. The molecule has 4 heteroatoms. The van der Waals surface area contributed by atoms with Crippen molar-refractivity contribution in [3.63, 3.8) is 0 Å². The lowest BCUT2D eigenvalue weighted by molar-refractivity contribution is 0.211. The van der Waals surface area contributed by atoms with E-state index in [4.69, 9.17) is 21.1 Å². The van der Waals surface area contributed by atoms with Crippen LogP contribution in [0, 0.1) is 0 Å². The van der Waals surface area contributed by atoms with E-state index in [1.165, 1.54) is 5.56 Å². The lowest BCUT2D eigenvalue weighted by atomic mass is 9.92. The molecule has 1 aliphatic heterocycles. The number of ether oxygens (including phenoxy) is 2. The first kappa shape index (κ1) is 21.3. The van der Waals surface area contributed by atoms with Gasteiger partial charge in [0.25, 0.3) is 0 Å². The van der Waals surface area contributed by atoms with Gasteiger partial charge in [-0.1, -0.05) is 54.9 Å². The van der Waals surface area contributed by atoms with Gasteiger partial charge in [0.1, 0.15) is 23.4 Å². The van der Waals surface area contributed by atoms with E-state index in [9.17, 15) is 5.11 Å². The summed E-state index contributed by atoms with van der Waals surface area (Å²) in [7, 11) is 1.67. The third kappa shape index (κ3) is 5.05. The minimum atomic E-state index is 0.0582. The van der Waals surface area contributed by atoms with Crippen molar-refractivity contribution in [2.24, 2.45) is 0 Å². The van der Waals surface area contributed by atoms with Crippen molar-refractivity contribution in [2.45, 2.75) is 38.2 Å². The van der Waals surface area contributed by atoms with Crippen LogP contribution in [0.2, 0.25) is 5.02 Å². The molecule has 0 fully saturated rings. The highest BCUT2D eigenvalue weighted by Crippen LogP contribution is 2.42. The number of methoxy groups -OCH3 is 1. The van der Waals surface area contributed by atoms with Crippen molar-refractivity contribution < 1.29 is 14.6 Å². The quantitative estimate of drug-likeness (QED) is 0.444. The van der Waals surface area contributed by atoms with Crippen LogP contribution in [-0.2, 0) is 12.8 Å². The van der Waals surface area contributed by atoms with Gasteiger partial charge < -0.3 is 14.6 Å². The Kier molecular flexibility index (Phi) is 6.53. The van der Waals surface area contributed by atoms with E-state index in [-0.39, 0.29) is 12.0 Å². The number of benzene rings is 3. The molecule has 3 aromatic carbocycles. The van der Waals surface area contributed by atoms with Gasteiger partial charge in [-0.2, -0.15) is 0 Å². The van der Waals surface area contributed by atoms with Crippen molar-refractivity contribution >= 4 is 17.7 Å². The Hall–Kier alpha value is -2.91. The number of phenols is 1. The van der Waals surface area contributed by atoms with Gasteiger partial charge in [0.15, 0.2) is 0 Å². The van der Waals surface area contributed by atoms with Crippen LogP contribution in [-0.4, -0.2) is 18.3 Å². The zero-order valence-electron chi connectivity index (χ0n) is 17.8. The van der Waals surface area contributed by atoms with E-state index in [1.807, 2.05) is 48.5 Å². The highest BCUT2D eigenvalue weighted by atomic mass is 35.5. The molecule has 1 heterocycles. The Labute approximate surface area is 188 Å². The first-order chi connectivity index (χ1) is 15.0. The maximum atomic E-state index is 10.6. The molecule has 160 valence electrons. The van der Waals surface area contributed by atoms with Crippen molar-refractivity contribution in [1.82, 2.24) is 0 Å². The van der Waals surface area contributed by atoms with Crippen LogP contribution in [0.3, 0.4) is 0 Å². The number of rotatable bonds is 7. The van der Waals surface area contributed by atoms with Crippen LogP contribution < -0.4 is 9.47 Å². The van der Waals surface area contributed by atoms with Gasteiger partial charge in [-0.3, -0.25) is 0 Å². The molecule has 2 atom stereocenters. The summed E-state index contributed by atoms with van der Waals surface area (Å²) in [5, 5.41) is 11.3. The predicted molar refractivity (Wildman–Crippen MR) is 126 cm³/mol. The Morgan fingerprint density at radius 3 is 2.52 bits per heavy atom. The third-order valence-electron chi connectivity index (χ3n) is 5.89. The van der Waals surface area contributed by atoms with Crippen LogP contribution in [0.5, 0.6) is 17.2 Å². The summed E-state index contributed by atoms with van der Waals surface area (Å²) >= 11 is 5.93. The fourth-order valence-corrected chi connectivity index (χ4v) is 4.12. The number of hydrogen-bond acceptors (Lipinski definition) is 3. The lowest BCUT2D eigenvalue weighted by Crippen LogP contribution is -2.19. The number of halogens is 1. The highest BCUT2D eigenvalue weighted by Gasteiger charge is 2.32. The predicted octanol–water partition coefficient (Wildman–Crippen LogP) is 6.81. The molecule has 3 aromatic rings. The van der Waals surface area contributed by atoms with E-state index in [1.54, 1.807) is 7.11 Å². The Balaban J connectivity index is 1.40. The van der Waals surface area contributed by atoms with Gasteiger partial charge >= 0.3 is 0 Å². The number of allylic oxidation sites excluding steroid dienone is 1. The number of aromatic hydroxyl groups is 1. The average molecular weight is 435 g/mol. The van der Waals surface area contributed by atoms with Crippen LogP contribution in [0.25, 0.3) is 6.08 Å². The largest absolute Gasteiger partial charge is 0.508 e. The molecule has 0 radical (unpaired) electrons. The molecule has 2 unspecified atom stereocenters. The van der Waals surface area contributed by atoms with Crippen LogP contribution in [0.15, 0.2) is 66.7 Å². The van der Waals surface area contributed by atoms with E-state index in [0.717, 1.165) is 52.5 Å². The molecule has 31 heavy (non-hydrogen) atoms. The summed E-state index contributed by atoms with van der Waals surface area (Å²) in [4.78, 5) is 0. The van der Waals surface area contributed by atoms with E-state index >= 15 is 0 Å². The first-order valence-corrected chi connectivity index (χ1v) is 11.0. The second-order valence-corrected chi connectivity index (χ2v) is 8.44. The maximum Gasteiger partial charge on any atom is 0.123 e. The van der Waals surface area contributed by atoms with Crippen LogP contribution >= 0.6 is 11.6 Å². The summed E-state index contributed by atoms with van der Waals surface area (Å²) in [6.45, 7) is 2.16. The molecule has 0 saturated carbocycles. The lowest BCUT2D eigenvalue weighted by Gasteiger charge is -2.15. The number of fused-ring (bicyclic) bond motifs is 1. The second kappa shape index (κ2) is 9.49. The Morgan fingerprint density at radius 2 is 1.81 bits per heavy atom. The summed E-state index contributed by atoms with van der Waals surface area (Å²) in [5.41, 5.74) is 4.32. The number of phenolic OH excluding ortho intramolecular Hbond substituents is 1. The topological polar surface area (TPSA) is 38.7 Å². The molecule has 0 saturated heterocycles. The molecule has 0 spiro atoms. The first-order valence-electron chi connectivity index (χ1n) is 10.6. The van der Waals surface area contributed by atoms with Gasteiger partial charge in [0, 0.05) is 22.9 Å². The number of aryl methyl sites for hydroxylation is 1. The van der Waals surface area contributed by atoms with Crippen LogP contribution in [0.4, 0.5) is 0 Å². The van der Waals surface area contributed by atoms with Crippen molar-refractivity contribution in [1.29, 1.82) is 0 Å². The molecule has 0 bridgehead atoms. The summed E-state index contributed by atoms with van der Waals surface area (Å²) in [5.74, 6) is 2.31. The van der Waals surface area contributed by atoms with Gasteiger partial charge in [0.05, 0.1) is 7.11 Å². The molecule has 1 N–H and O–H groups in total. The smallest absolute Gasteiger partial charge is 0.123 e. The summed E-state index contributed by atoms with van der Waals surface area (Å²) in [6, 6.07) is 19.7. The monoisotopic (exact) mass is 434 g/mol. The molecular formula is C27H27ClO3. The van der Waals surface area contributed by atoms with E-state index in [2.05, 4.69) is 31.2 Å². The van der Waals surface area contributed by atoms with Crippen molar-refractivity contribution in [3.05, 3.63) is 94.0 Å². The molecule has 0 aliphatic carbocycles. The molecule has 0 aromatic heterocycles. The zero-order valence-corrected chi connectivity index (χ0v) is 18.6. The fraction of sp³-hybridized carbons (Fsp3) is 0.259. The Morgan fingerprint density at radius 1 is 1.06 bits per heavy atom. The van der Waals surface area contributed by atoms with Gasteiger partial charge in [-0.15, -0.1) is 0 Å². The van der Waals surface area contributed by atoms with Crippen LogP contribution in [0.1, 0.15) is 41.5 Å². The fourth-order valence-electron chi connectivity index (χ4n) is 3.99. The van der Waals surface area contributed by atoms with Gasteiger partial charge in [-0.05, 0) is 65.9 Å². The molecular weight excluding hydrogens is 408 g/mol. The second-order valence-electron chi connectivity index (χ2n) is 8.01.